The largest absolute Gasteiger partial charge is 0.492 e. The van der Waals surface area contributed by atoms with Gasteiger partial charge in [-0.2, -0.15) is 0 Å². The van der Waals surface area contributed by atoms with E-state index in [1.54, 1.807) is 0 Å². The molecule has 0 atom stereocenters. The lowest BCUT2D eigenvalue weighted by Gasteiger charge is -2.20. The summed E-state index contributed by atoms with van der Waals surface area (Å²) in [5.74, 6) is 0.112. The molecule has 0 radical (unpaired) electrons. The number of carboxylic acids is 1. The van der Waals surface area contributed by atoms with E-state index in [0.717, 1.165) is 24.2 Å². The summed E-state index contributed by atoms with van der Waals surface area (Å²) in [7, 11) is 0. The molecule has 1 aliphatic rings. The van der Waals surface area contributed by atoms with Gasteiger partial charge in [-0.15, -0.1) is 0 Å². The molecule has 0 unspecified atom stereocenters. The Morgan fingerprint density at radius 1 is 1.44 bits per heavy atom. The molecule has 0 spiro atoms. The number of aryl methyl sites for hydroxylation is 1. The molecule has 98 valence electrons. The Balaban J connectivity index is 1.79. The second kappa shape index (κ2) is 5.87. The van der Waals surface area contributed by atoms with Crippen LogP contribution in [0.5, 0.6) is 5.75 Å². The van der Waals surface area contributed by atoms with Gasteiger partial charge in [0, 0.05) is 12.6 Å². The first kappa shape index (κ1) is 12.9. The van der Waals surface area contributed by atoms with Crippen molar-refractivity contribution < 1.29 is 14.6 Å². The van der Waals surface area contributed by atoms with E-state index in [1.807, 2.05) is 36.1 Å². The van der Waals surface area contributed by atoms with Gasteiger partial charge in [-0.05, 0) is 31.4 Å². The Morgan fingerprint density at radius 2 is 2.17 bits per heavy atom. The van der Waals surface area contributed by atoms with Crippen LogP contribution >= 0.6 is 0 Å². The standard InChI is InChI=1S/C14H19NO3/c1-11-4-2-3-5-13(11)18-9-8-15(10-14(16)17)12-6-7-12/h2-5,12H,6-10H2,1H3,(H,16,17). The summed E-state index contributed by atoms with van der Waals surface area (Å²) >= 11 is 0. The number of hydrogen-bond acceptors (Lipinski definition) is 3. The van der Waals surface area contributed by atoms with Crippen LogP contribution < -0.4 is 4.74 Å². The predicted octanol–water partition coefficient (Wildman–Crippen LogP) is 1.92. The second-order valence-corrected chi connectivity index (χ2v) is 4.71. The van der Waals surface area contributed by atoms with E-state index in [4.69, 9.17) is 9.84 Å². The Kier molecular flexibility index (Phi) is 4.20. The van der Waals surface area contributed by atoms with Gasteiger partial charge in [0.15, 0.2) is 0 Å². The first-order valence-electron chi connectivity index (χ1n) is 6.31. The summed E-state index contributed by atoms with van der Waals surface area (Å²) in [5, 5.41) is 8.84. The van der Waals surface area contributed by atoms with Gasteiger partial charge in [0.1, 0.15) is 12.4 Å². The van der Waals surface area contributed by atoms with Crippen LogP contribution in [0.1, 0.15) is 18.4 Å². The van der Waals surface area contributed by atoms with Crippen molar-refractivity contribution in [2.45, 2.75) is 25.8 Å². The zero-order valence-electron chi connectivity index (χ0n) is 10.6. The average molecular weight is 249 g/mol. The van der Waals surface area contributed by atoms with Gasteiger partial charge in [-0.1, -0.05) is 18.2 Å². The number of benzene rings is 1. The first-order valence-corrected chi connectivity index (χ1v) is 6.31. The minimum atomic E-state index is -0.766. The van der Waals surface area contributed by atoms with E-state index in [1.165, 1.54) is 0 Å². The van der Waals surface area contributed by atoms with Gasteiger partial charge < -0.3 is 9.84 Å². The van der Waals surface area contributed by atoms with Crippen molar-refractivity contribution in [2.24, 2.45) is 0 Å². The molecule has 1 aromatic rings. The summed E-state index contributed by atoms with van der Waals surface area (Å²) in [6.45, 7) is 3.33. The van der Waals surface area contributed by atoms with Crippen LogP contribution in [-0.2, 0) is 4.79 Å². The van der Waals surface area contributed by atoms with Crippen LogP contribution in [0.4, 0.5) is 0 Å². The lowest BCUT2D eigenvalue weighted by atomic mass is 10.2. The third-order valence-corrected chi connectivity index (χ3v) is 3.13. The maximum Gasteiger partial charge on any atom is 0.317 e. The maximum absolute atomic E-state index is 10.7. The Labute approximate surface area is 107 Å². The first-order chi connectivity index (χ1) is 8.66. The molecule has 18 heavy (non-hydrogen) atoms. The van der Waals surface area contributed by atoms with Crippen LogP contribution in [0.2, 0.25) is 0 Å². The highest BCUT2D eigenvalue weighted by Crippen LogP contribution is 2.26. The zero-order chi connectivity index (χ0) is 13.0. The van der Waals surface area contributed by atoms with Gasteiger partial charge in [-0.25, -0.2) is 0 Å². The predicted molar refractivity (Wildman–Crippen MR) is 68.9 cm³/mol. The van der Waals surface area contributed by atoms with Gasteiger partial charge in [0.05, 0.1) is 6.54 Å². The highest BCUT2D eigenvalue weighted by molar-refractivity contribution is 5.69. The number of hydrogen-bond donors (Lipinski definition) is 1. The lowest BCUT2D eigenvalue weighted by Crippen LogP contribution is -2.35. The summed E-state index contributed by atoms with van der Waals surface area (Å²) in [4.78, 5) is 12.7. The number of carboxylic acid groups (broad SMARTS) is 1. The molecule has 0 aliphatic heterocycles. The van der Waals surface area contributed by atoms with Gasteiger partial charge in [0.2, 0.25) is 0 Å². The number of aliphatic carboxylic acids is 1. The molecule has 1 fully saturated rings. The monoisotopic (exact) mass is 249 g/mol. The summed E-state index contributed by atoms with van der Waals surface area (Å²) in [6, 6.07) is 8.31. The topological polar surface area (TPSA) is 49.8 Å². The average Bonchev–Trinajstić information content (AvgIpc) is 3.14. The third kappa shape index (κ3) is 3.74. The molecular formula is C14H19NO3. The van der Waals surface area contributed by atoms with Crippen LogP contribution in [0.25, 0.3) is 0 Å². The number of para-hydroxylation sites is 1. The third-order valence-electron chi connectivity index (χ3n) is 3.13. The quantitative estimate of drug-likeness (QED) is 0.802. The molecule has 0 bridgehead atoms. The van der Waals surface area contributed by atoms with Crippen molar-refractivity contribution in [3.63, 3.8) is 0 Å². The van der Waals surface area contributed by atoms with Crippen LogP contribution in [0, 0.1) is 6.92 Å². The van der Waals surface area contributed by atoms with Gasteiger partial charge in [0.25, 0.3) is 0 Å². The van der Waals surface area contributed by atoms with E-state index in [-0.39, 0.29) is 6.54 Å². The number of carbonyl (C=O) groups is 1. The fourth-order valence-corrected chi connectivity index (χ4v) is 2.00. The molecule has 1 N–H and O–H groups in total. The van der Waals surface area contributed by atoms with E-state index >= 15 is 0 Å². The molecule has 0 heterocycles. The molecule has 2 rings (SSSR count). The summed E-state index contributed by atoms with van der Waals surface area (Å²) in [6.07, 6.45) is 2.22. The smallest absolute Gasteiger partial charge is 0.317 e. The normalized spacial score (nSPS) is 14.8. The Hall–Kier alpha value is -1.55. The van der Waals surface area contributed by atoms with Gasteiger partial charge in [-0.3, -0.25) is 9.69 Å². The molecular weight excluding hydrogens is 230 g/mol. The number of ether oxygens (including phenoxy) is 1. The number of rotatable bonds is 7. The molecule has 4 heteroatoms. The molecule has 0 saturated heterocycles. The maximum atomic E-state index is 10.7. The summed E-state index contributed by atoms with van der Waals surface area (Å²) in [5.41, 5.74) is 1.11. The minimum Gasteiger partial charge on any atom is -0.492 e. The molecule has 1 aliphatic carbocycles. The highest BCUT2D eigenvalue weighted by Gasteiger charge is 2.29. The van der Waals surface area contributed by atoms with E-state index in [0.29, 0.717) is 19.2 Å². The minimum absolute atomic E-state index is 0.113. The van der Waals surface area contributed by atoms with Crippen LogP contribution in [0.3, 0.4) is 0 Å². The molecule has 4 nitrogen and oxygen atoms in total. The fourth-order valence-electron chi connectivity index (χ4n) is 2.00. The molecule has 0 aromatic heterocycles. The van der Waals surface area contributed by atoms with E-state index in [2.05, 4.69) is 0 Å². The van der Waals surface area contributed by atoms with Crippen molar-refractivity contribution >= 4 is 5.97 Å². The van der Waals surface area contributed by atoms with Gasteiger partial charge >= 0.3 is 5.97 Å². The van der Waals surface area contributed by atoms with Crippen LogP contribution in [0.15, 0.2) is 24.3 Å². The molecule has 1 aromatic carbocycles. The highest BCUT2D eigenvalue weighted by atomic mass is 16.5. The SMILES string of the molecule is Cc1ccccc1OCCN(CC(=O)O)C1CC1. The molecule has 1 saturated carbocycles. The zero-order valence-corrected chi connectivity index (χ0v) is 10.6. The van der Waals surface area contributed by atoms with Crippen molar-refractivity contribution in [3.05, 3.63) is 29.8 Å². The van der Waals surface area contributed by atoms with E-state index < -0.39 is 5.97 Å². The Morgan fingerprint density at radius 3 is 2.78 bits per heavy atom. The second-order valence-electron chi connectivity index (χ2n) is 4.71. The van der Waals surface area contributed by atoms with Crippen molar-refractivity contribution in [1.29, 1.82) is 0 Å². The summed E-state index contributed by atoms with van der Waals surface area (Å²) < 4.78 is 5.69. The Bertz CT molecular complexity index is 415. The number of nitrogens with zero attached hydrogens (tertiary/aromatic N) is 1. The van der Waals surface area contributed by atoms with Crippen molar-refractivity contribution in [3.8, 4) is 5.75 Å². The van der Waals surface area contributed by atoms with Crippen LogP contribution in [-0.4, -0.2) is 41.7 Å². The molecule has 0 amide bonds. The lowest BCUT2D eigenvalue weighted by molar-refractivity contribution is -0.138. The van der Waals surface area contributed by atoms with Crippen molar-refractivity contribution in [1.82, 2.24) is 4.90 Å². The fraction of sp³-hybridized carbons (Fsp3) is 0.500. The van der Waals surface area contributed by atoms with E-state index in [9.17, 15) is 4.79 Å². The van der Waals surface area contributed by atoms with Crippen molar-refractivity contribution in [2.75, 3.05) is 19.7 Å².